The lowest BCUT2D eigenvalue weighted by Gasteiger charge is -2.27. The Kier molecular flexibility index (Phi) is 6.19. The second-order valence-electron chi connectivity index (χ2n) is 7.79. The molecule has 1 amide bonds. The fraction of sp³-hybridized carbons (Fsp3) is 0.545. The van der Waals surface area contributed by atoms with E-state index in [9.17, 15) is 9.59 Å². The maximum Gasteiger partial charge on any atom is 0.295 e. The SMILES string of the molecule is CCCCC1CCC(C(=O)Nc2c(C)n(C)n(-c3ccccc3)c2=O)CC1. The van der Waals surface area contributed by atoms with Crippen LogP contribution in [0, 0.1) is 18.8 Å². The summed E-state index contributed by atoms with van der Waals surface area (Å²) in [5.41, 5.74) is 1.80. The number of hydrogen-bond donors (Lipinski definition) is 1. The molecule has 1 saturated carbocycles. The number of amides is 1. The van der Waals surface area contributed by atoms with Crippen molar-refractivity contribution >= 4 is 11.6 Å². The van der Waals surface area contributed by atoms with Gasteiger partial charge in [0.15, 0.2) is 0 Å². The molecule has 0 atom stereocenters. The summed E-state index contributed by atoms with van der Waals surface area (Å²) >= 11 is 0. The molecule has 146 valence electrons. The molecule has 5 nitrogen and oxygen atoms in total. The van der Waals surface area contributed by atoms with E-state index >= 15 is 0 Å². The van der Waals surface area contributed by atoms with Crippen molar-refractivity contribution in [3.8, 4) is 5.69 Å². The monoisotopic (exact) mass is 369 g/mol. The first-order valence-electron chi connectivity index (χ1n) is 10.2. The molecule has 27 heavy (non-hydrogen) atoms. The molecule has 1 aliphatic rings. The zero-order valence-corrected chi connectivity index (χ0v) is 16.7. The van der Waals surface area contributed by atoms with Gasteiger partial charge in [-0.3, -0.25) is 14.3 Å². The topological polar surface area (TPSA) is 56.0 Å². The molecule has 0 saturated heterocycles. The minimum absolute atomic E-state index is 0.00467. The molecule has 1 N–H and O–H groups in total. The van der Waals surface area contributed by atoms with E-state index in [1.54, 1.807) is 9.36 Å². The smallest absolute Gasteiger partial charge is 0.295 e. The lowest BCUT2D eigenvalue weighted by Crippen LogP contribution is -2.29. The molecule has 0 spiro atoms. The summed E-state index contributed by atoms with van der Waals surface area (Å²) < 4.78 is 3.40. The van der Waals surface area contributed by atoms with Crippen LogP contribution < -0.4 is 10.9 Å². The highest BCUT2D eigenvalue weighted by molar-refractivity contribution is 5.93. The van der Waals surface area contributed by atoms with Gasteiger partial charge in [-0.25, -0.2) is 4.68 Å². The van der Waals surface area contributed by atoms with Crippen LogP contribution in [0.2, 0.25) is 0 Å². The first-order valence-corrected chi connectivity index (χ1v) is 10.2. The van der Waals surface area contributed by atoms with Gasteiger partial charge in [0.1, 0.15) is 5.69 Å². The Labute approximate surface area is 161 Å². The fourth-order valence-corrected chi connectivity index (χ4v) is 4.14. The van der Waals surface area contributed by atoms with E-state index in [0.29, 0.717) is 5.69 Å². The Morgan fingerprint density at radius 1 is 1.15 bits per heavy atom. The van der Waals surface area contributed by atoms with Gasteiger partial charge < -0.3 is 5.32 Å². The maximum absolute atomic E-state index is 12.9. The van der Waals surface area contributed by atoms with Crippen molar-refractivity contribution in [3.63, 3.8) is 0 Å². The van der Waals surface area contributed by atoms with Gasteiger partial charge in [0, 0.05) is 13.0 Å². The molecule has 0 radical (unpaired) electrons. The van der Waals surface area contributed by atoms with E-state index in [4.69, 9.17) is 0 Å². The Balaban J connectivity index is 1.71. The van der Waals surface area contributed by atoms with Crippen molar-refractivity contribution in [2.45, 2.75) is 58.8 Å². The number of carbonyl (C=O) groups excluding carboxylic acids is 1. The Morgan fingerprint density at radius 2 is 1.81 bits per heavy atom. The van der Waals surface area contributed by atoms with Gasteiger partial charge in [0.25, 0.3) is 5.56 Å². The van der Waals surface area contributed by atoms with Gasteiger partial charge in [0.2, 0.25) is 5.91 Å². The highest BCUT2D eigenvalue weighted by Crippen LogP contribution is 2.32. The number of anilines is 1. The first-order chi connectivity index (χ1) is 13.0. The number of nitrogens with one attached hydrogen (secondary N) is 1. The Morgan fingerprint density at radius 3 is 2.44 bits per heavy atom. The highest BCUT2D eigenvalue weighted by Gasteiger charge is 2.27. The predicted molar refractivity (Wildman–Crippen MR) is 109 cm³/mol. The van der Waals surface area contributed by atoms with Crippen LogP contribution in [0.15, 0.2) is 35.1 Å². The van der Waals surface area contributed by atoms with Crippen molar-refractivity contribution in [2.75, 3.05) is 5.32 Å². The number of aromatic nitrogens is 2. The van der Waals surface area contributed by atoms with Gasteiger partial charge in [-0.1, -0.05) is 44.4 Å². The van der Waals surface area contributed by atoms with Crippen LogP contribution in [0.1, 0.15) is 57.6 Å². The summed E-state index contributed by atoms with van der Waals surface area (Å²) in [6, 6.07) is 9.51. The molecule has 1 aromatic carbocycles. The summed E-state index contributed by atoms with van der Waals surface area (Å²) in [6.07, 6.45) is 7.91. The number of unbranched alkanes of at least 4 members (excludes halogenated alkanes) is 1. The molecule has 5 heteroatoms. The number of carbonyl (C=O) groups is 1. The Bertz CT molecular complexity index is 827. The zero-order valence-electron chi connectivity index (χ0n) is 16.7. The second kappa shape index (κ2) is 8.59. The molecule has 0 bridgehead atoms. The molecule has 1 aliphatic carbocycles. The van der Waals surface area contributed by atoms with Crippen LogP contribution in [-0.4, -0.2) is 15.3 Å². The van der Waals surface area contributed by atoms with E-state index in [1.807, 2.05) is 44.3 Å². The van der Waals surface area contributed by atoms with Crippen molar-refractivity contribution < 1.29 is 4.79 Å². The second-order valence-corrected chi connectivity index (χ2v) is 7.79. The number of hydrogen-bond acceptors (Lipinski definition) is 2. The predicted octanol–water partition coefficient (Wildman–Crippen LogP) is 4.42. The molecule has 2 aromatic rings. The van der Waals surface area contributed by atoms with E-state index in [0.717, 1.165) is 43.0 Å². The van der Waals surface area contributed by atoms with Crippen molar-refractivity contribution in [3.05, 3.63) is 46.4 Å². The third-order valence-corrected chi connectivity index (χ3v) is 5.99. The molecule has 1 fully saturated rings. The Hall–Kier alpha value is -2.30. The van der Waals surface area contributed by atoms with Crippen LogP contribution in [0.5, 0.6) is 0 Å². The van der Waals surface area contributed by atoms with E-state index in [1.165, 1.54) is 19.3 Å². The van der Waals surface area contributed by atoms with Crippen LogP contribution in [0.25, 0.3) is 5.69 Å². The largest absolute Gasteiger partial charge is 0.320 e. The summed E-state index contributed by atoms with van der Waals surface area (Å²) in [4.78, 5) is 25.7. The molecule has 1 aromatic heterocycles. The van der Waals surface area contributed by atoms with Gasteiger partial charge in [-0.05, 0) is 50.7 Å². The summed E-state index contributed by atoms with van der Waals surface area (Å²) in [7, 11) is 1.85. The van der Waals surface area contributed by atoms with Crippen LogP contribution in [0.3, 0.4) is 0 Å². The third-order valence-electron chi connectivity index (χ3n) is 5.99. The van der Waals surface area contributed by atoms with Gasteiger partial charge >= 0.3 is 0 Å². The highest BCUT2D eigenvalue weighted by atomic mass is 16.2. The normalized spacial score (nSPS) is 19.8. The number of rotatable bonds is 6. The average Bonchev–Trinajstić information content (AvgIpc) is 2.90. The molecule has 0 unspecified atom stereocenters. The van der Waals surface area contributed by atoms with Crippen molar-refractivity contribution in [1.29, 1.82) is 0 Å². The number of para-hydroxylation sites is 1. The lowest BCUT2D eigenvalue weighted by molar-refractivity contribution is -0.121. The van der Waals surface area contributed by atoms with Crippen LogP contribution >= 0.6 is 0 Å². The van der Waals surface area contributed by atoms with Crippen LogP contribution in [0.4, 0.5) is 5.69 Å². The molecule has 3 rings (SSSR count). The zero-order chi connectivity index (χ0) is 19.4. The first kappa shape index (κ1) is 19.5. The minimum Gasteiger partial charge on any atom is -0.320 e. The fourth-order valence-electron chi connectivity index (χ4n) is 4.14. The summed E-state index contributed by atoms with van der Waals surface area (Å²) in [6.45, 7) is 4.10. The van der Waals surface area contributed by atoms with E-state index < -0.39 is 0 Å². The quantitative estimate of drug-likeness (QED) is 0.819. The number of benzene rings is 1. The standard InChI is InChI=1S/C22H31N3O2/c1-4-5-9-17-12-14-18(15-13-17)21(26)23-20-16(2)24(3)25(22(20)27)19-10-7-6-8-11-19/h6-8,10-11,17-18H,4-5,9,12-15H2,1-3H3,(H,23,26). The molecule has 1 heterocycles. The molecular formula is C22H31N3O2. The van der Waals surface area contributed by atoms with Crippen LogP contribution in [-0.2, 0) is 11.8 Å². The van der Waals surface area contributed by atoms with E-state index in [-0.39, 0.29) is 17.4 Å². The van der Waals surface area contributed by atoms with Gasteiger partial charge in [0.05, 0.1) is 11.4 Å². The van der Waals surface area contributed by atoms with Crippen molar-refractivity contribution in [1.82, 2.24) is 9.36 Å². The van der Waals surface area contributed by atoms with E-state index in [2.05, 4.69) is 12.2 Å². The van der Waals surface area contributed by atoms with Crippen molar-refractivity contribution in [2.24, 2.45) is 18.9 Å². The third kappa shape index (κ3) is 4.18. The maximum atomic E-state index is 12.9. The lowest BCUT2D eigenvalue weighted by atomic mass is 9.79. The number of nitrogens with zero attached hydrogens (tertiary/aromatic N) is 2. The average molecular weight is 370 g/mol. The molecule has 0 aliphatic heterocycles. The summed E-state index contributed by atoms with van der Waals surface area (Å²) in [5.74, 6) is 0.782. The van der Waals surface area contributed by atoms with Gasteiger partial charge in [-0.2, -0.15) is 0 Å². The minimum atomic E-state index is -0.175. The molecular weight excluding hydrogens is 338 g/mol. The van der Waals surface area contributed by atoms with Gasteiger partial charge in [-0.15, -0.1) is 0 Å². The summed E-state index contributed by atoms with van der Waals surface area (Å²) in [5, 5.41) is 2.94.